The Labute approximate surface area is 129 Å². The summed E-state index contributed by atoms with van der Waals surface area (Å²) in [5.74, 6) is -0.0409. The highest BCUT2D eigenvalue weighted by molar-refractivity contribution is 9.10. The molecule has 0 fully saturated rings. The van der Waals surface area contributed by atoms with Crippen molar-refractivity contribution in [2.24, 2.45) is 0 Å². The van der Waals surface area contributed by atoms with Crippen molar-refractivity contribution in [1.29, 1.82) is 0 Å². The van der Waals surface area contributed by atoms with Gasteiger partial charge in [-0.2, -0.15) is 4.98 Å². The Morgan fingerprint density at radius 1 is 1.29 bits per heavy atom. The minimum atomic E-state index is -0.407. The molecule has 0 bridgehead atoms. The van der Waals surface area contributed by atoms with Crippen molar-refractivity contribution in [3.63, 3.8) is 0 Å². The van der Waals surface area contributed by atoms with Crippen LogP contribution in [0, 0.1) is 0 Å². The second-order valence-electron chi connectivity index (χ2n) is 4.26. The Hall–Kier alpha value is -1.70. The number of ether oxygens (including phenoxy) is 2. The molecule has 112 valence electrons. The van der Waals surface area contributed by atoms with Crippen LogP contribution in [0.5, 0.6) is 5.88 Å². The molecule has 6 nitrogen and oxygen atoms in total. The molecule has 2 rings (SSSR count). The van der Waals surface area contributed by atoms with E-state index in [-0.39, 0.29) is 23.9 Å². The van der Waals surface area contributed by atoms with E-state index in [1.165, 1.54) is 0 Å². The number of aromatic nitrogens is 2. The van der Waals surface area contributed by atoms with Gasteiger partial charge in [-0.05, 0) is 17.7 Å². The summed E-state index contributed by atoms with van der Waals surface area (Å²) in [4.78, 5) is 18.6. The Kier molecular flexibility index (Phi) is 5.49. The van der Waals surface area contributed by atoms with Gasteiger partial charge in [-0.3, -0.25) is 4.79 Å². The van der Waals surface area contributed by atoms with Gasteiger partial charge in [-0.15, -0.1) is 0 Å². The summed E-state index contributed by atoms with van der Waals surface area (Å²) in [7, 11) is 1.57. The summed E-state index contributed by atoms with van der Waals surface area (Å²) in [5, 5.41) is 9.97. The summed E-state index contributed by atoms with van der Waals surface area (Å²) in [6, 6.07) is 7.03. The Morgan fingerprint density at radius 2 is 2.00 bits per heavy atom. The first kappa shape index (κ1) is 15.7. The minimum absolute atomic E-state index is 0.104. The average Bonchev–Trinajstić information content (AvgIpc) is 2.45. The number of rotatable bonds is 6. The lowest BCUT2D eigenvalue weighted by molar-refractivity contribution is 0.0583. The van der Waals surface area contributed by atoms with Gasteiger partial charge in [-0.25, -0.2) is 0 Å². The average molecular weight is 355 g/mol. The number of aromatic amines is 1. The molecule has 0 unspecified atom stereocenters. The molecular weight excluding hydrogens is 340 g/mol. The molecule has 1 heterocycles. The maximum Gasteiger partial charge on any atom is 0.262 e. The molecule has 0 spiro atoms. The third-order valence-electron chi connectivity index (χ3n) is 2.75. The van der Waals surface area contributed by atoms with Crippen molar-refractivity contribution in [3.8, 4) is 17.0 Å². The molecular formula is C14H15BrN2O4. The minimum Gasteiger partial charge on any atom is -0.493 e. The summed E-state index contributed by atoms with van der Waals surface area (Å²) in [6.07, 6.45) is 0. The van der Waals surface area contributed by atoms with Gasteiger partial charge in [0.15, 0.2) is 0 Å². The molecule has 2 N–H and O–H groups in total. The highest BCUT2D eigenvalue weighted by Gasteiger charge is 2.13. The molecule has 0 atom stereocenters. The van der Waals surface area contributed by atoms with Crippen molar-refractivity contribution in [1.82, 2.24) is 9.97 Å². The number of hydrogen-bond acceptors (Lipinski definition) is 5. The summed E-state index contributed by atoms with van der Waals surface area (Å²) in [6.45, 7) is 0.940. The summed E-state index contributed by atoms with van der Waals surface area (Å²) >= 11 is 3.32. The molecule has 0 saturated carbocycles. The molecule has 7 heteroatoms. The van der Waals surface area contributed by atoms with Gasteiger partial charge >= 0.3 is 0 Å². The lowest BCUT2D eigenvalue weighted by Gasteiger charge is -2.07. The van der Waals surface area contributed by atoms with E-state index in [0.717, 1.165) is 4.47 Å². The third kappa shape index (κ3) is 4.13. The summed E-state index contributed by atoms with van der Waals surface area (Å²) in [5.41, 5.74) is 0.328. The molecule has 21 heavy (non-hydrogen) atoms. The molecule has 0 aliphatic carbocycles. The highest BCUT2D eigenvalue weighted by Crippen LogP contribution is 2.24. The van der Waals surface area contributed by atoms with Crippen LogP contribution in [0.4, 0.5) is 0 Å². The molecule has 1 aromatic carbocycles. The smallest absolute Gasteiger partial charge is 0.262 e. The quantitative estimate of drug-likeness (QED) is 0.775. The van der Waals surface area contributed by atoms with E-state index < -0.39 is 5.56 Å². The van der Waals surface area contributed by atoms with Gasteiger partial charge in [-0.1, -0.05) is 28.1 Å². The summed E-state index contributed by atoms with van der Waals surface area (Å²) < 4.78 is 11.0. The standard InChI is InChI=1S/C14H15BrN2O4/c1-20-6-7-21-8-11-16-13(18)12(14(19)17-11)9-2-4-10(15)5-3-9/h2-5H,6-8H2,1H3,(H2,16,17,18,19). The molecule has 0 amide bonds. The van der Waals surface area contributed by atoms with E-state index in [9.17, 15) is 9.90 Å². The zero-order chi connectivity index (χ0) is 15.2. The largest absolute Gasteiger partial charge is 0.493 e. The third-order valence-corrected chi connectivity index (χ3v) is 3.28. The maximum atomic E-state index is 12.1. The Morgan fingerprint density at radius 3 is 2.62 bits per heavy atom. The van der Waals surface area contributed by atoms with Crippen LogP contribution in [0.25, 0.3) is 11.1 Å². The van der Waals surface area contributed by atoms with Crippen molar-refractivity contribution < 1.29 is 14.6 Å². The monoisotopic (exact) mass is 354 g/mol. The van der Waals surface area contributed by atoms with Gasteiger partial charge in [0.05, 0.1) is 13.2 Å². The number of benzene rings is 1. The molecule has 1 aromatic heterocycles. The number of nitrogens with one attached hydrogen (secondary N) is 1. The number of nitrogens with zero attached hydrogens (tertiary/aromatic N) is 1. The first-order valence-corrected chi connectivity index (χ1v) is 7.06. The highest BCUT2D eigenvalue weighted by atomic mass is 79.9. The van der Waals surface area contributed by atoms with Gasteiger partial charge in [0.25, 0.3) is 5.56 Å². The van der Waals surface area contributed by atoms with Gasteiger partial charge in [0, 0.05) is 11.6 Å². The number of halogens is 1. The predicted molar refractivity (Wildman–Crippen MR) is 81.2 cm³/mol. The van der Waals surface area contributed by atoms with Crippen LogP contribution >= 0.6 is 15.9 Å². The number of H-pyrrole nitrogens is 1. The zero-order valence-electron chi connectivity index (χ0n) is 11.4. The number of hydrogen-bond donors (Lipinski definition) is 2. The van der Waals surface area contributed by atoms with Crippen LogP contribution in [-0.2, 0) is 16.1 Å². The van der Waals surface area contributed by atoms with E-state index in [1.54, 1.807) is 31.4 Å². The zero-order valence-corrected chi connectivity index (χ0v) is 13.0. The van der Waals surface area contributed by atoms with Gasteiger partial charge in [0.2, 0.25) is 5.88 Å². The van der Waals surface area contributed by atoms with Crippen molar-refractivity contribution in [2.45, 2.75) is 6.61 Å². The second-order valence-corrected chi connectivity index (χ2v) is 5.18. The fourth-order valence-electron chi connectivity index (χ4n) is 1.76. The lowest BCUT2D eigenvalue weighted by Crippen LogP contribution is -2.15. The van der Waals surface area contributed by atoms with E-state index >= 15 is 0 Å². The van der Waals surface area contributed by atoms with Crippen molar-refractivity contribution in [3.05, 3.63) is 44.9 Å². The number of aromatic hydroxyl groups is 1. The second kappa shape index (κ2) is 7.35. The molecule has 0 saturated heterocycles. The van der Waals surface area contributed by atoms with Gasteiger partial charge < -0.3 is 19.6 Å². The van der Waals surface area contributed by atoms with Crippen LogP contribution in [0.2, 0.25) is 0 Å². The fraction of sp³-hybridized carbons (Fsp3) is 0.286. The topological polar surface area (TPSA) is 84.4 Å². The van der Waals surface area contributed by atoms with Crippen LogP contribution in [-0.4, -0.2) is 35.4 Å². The predicted octanol–water partition coefficient (Wildman–Crippen LogP) is 2.07. The molecule has 0 aliphatic rings. The number of methoxy groups -OCH3 is 1. The van der Waals surface area contributed by atoms with E-state index in [0.29, 0.717) is 18.8 Å². The normalized spacial score (nSPS) is 10.8. The maximum absolute atomic E-state index is 12.1. The van der Waals surface area contributed by atoms with Gasteiger partial charge in [0.1, 0.15) is 18.0 Å². The van der Waals surface area contributed by atoms with Crippen LogP contribution in [0.1, 0.15) is 5.82 Å². The van der Waals surface area contributed by atoms with E-state index in [2.05, 4.69) is 25.9 Å². The fourth-order valence-corrected chi connectivity index (χ4v) is 2.03. The lowest BCUT2D eigenvalue weighted by atomic mass is 10.1. The van der Waals surface area contributed by atoms with E-state index in [4.69, 9.17) is 9.47 Å². The van der Waals surface area contributed by atoms with Crippen LogP contribution < -0.4 is 5.56 Å². The Bertz CT molecular complexity index is 655. The first-order valence-electron chi connectivity index (χ1n) is 6.26. The van der Waals surface area contributed by atoms with Crippen LogP contribution in [0.15, 0.2) is 33.5 Å². The first-order chi connectivity index (χ1) is 10.1. The van der Waals surface area contributed by atoms with Crippen molar-refractivity contribution in [2.75, 3.05) is 20.3 Å². The molecule has 0 aliphatic heterocycles. The molecule has 0 radical (unpaired) electrons. The van der Waals surface area contributed by atoms with Crippen molar-refractivity contribution >= 4 is 15.9 Å². The Balaban J connectivity index is 2.21. The van der Waals surface area contributed by atoms with Crippen LogP contribution in [0.3, 0.4) is 0 Å². The van der Waals surface area contributed by atoms with E-state index in [1.807, 2.05) is 0 Å². The molecule has 2 aromatic rings. The SMILES string of the molecule is COCCOCc1nc(O)c(-c2ccc(Br)cc2)c(=O)[nH]1.